The van der Waals surface area contributed by atoms with Crippen molar-refractivity contribution < 1.29 is 80.2 Å². The van der Waals surface area contributed by atoms with Gasteiger partial charge in [0.2, 0.25) is 0 Å². The summed E-state index contributed by atoms with van der Waals surface area (Å²) < 4.78 is 68.3. The zero-order valence-corrected chi connectivity index (χ0v) is 61.3. The highest BCUT2D eigenvalue weighted by Gasteiger charge is 2.30. The Morgan fingerprint density at radius 1 is 0.308 bits per heavy atom. The zero-order valence-electron chi connectivity index (χ0n) is 59.5. The third-order valence-electron chi connectivity index (χ3n) is 16.9. The zero-order chi connectivity index (χ0) is 67.5. The van der Waals surface area contributed by atoms with Crippen molar-refractivity contribution in [1.82, 2.24) is 0 Å². The molecule has 0 aromatic heterocycles. The molecular formula is C72H140O17P2. The van der Waals surface area contributed by atoms with E-state index in [4.69, 9.17) is 37.0 Å². The summed E-state index contributed by atoms with van der Waals surface area (Å²) >= 11 is 0. The fourth-order valence-electron chi connectivity index (χ4n) is 10.8. The minimum atomic E-state index is -4.95. The summed E-state index contributed by atoms with van der Waals surface area (Å²) in [6.45, 7) is 14.1. The SMILES string of the molecule is CCC(C)CCCCCCCCCCC(=O)OC[C@H](COP(=O)(O)OCC(O)COP(=O)(O)OC[C@@H](COC(=O)CCCCCCCCC(C)C)OC(=O)CCCCCCCCCCCCCCCCCCC(C)C)OC(=O)CCCCCCCCCCC(C)C. The van der Waals surface area contributed by atoms with Crippen LogP contribution in [-0.4, -0.2) is 96.7 Å². The number of aliphatic hydroxyl groups excluding tert-OH is 1. The van der Waals surface area contributed by atoms with Gasteiger partial charge < -0.3 is 33.8 Å². The average Bonchev–Trinajstić information content (AvgIpc) is 3.67. The van der Waals surface area contributed by atoms with E-state index in [0.717, 1.165) is 114 Å². The average molecular weight is 1340 g/mol. The Morgan fingerprint density at radius 3 is 0.780 bits per heavy atom. The van der Waals surface area contributed by atoms with Crippen molar-refractivity contribution >= 4 is 39.5 Å². The second-order valence-electron chi connectivity index (χ2n) is 27.6. The normalized spacial score (nSPS) is 14.5. The molecule has 0 saturated heterocycles. The smallest absolute Gasteiger partial charge is 0.462 e. The Morgan fingerprint density at radius 2 is 0.527 bits per heavy atom. The van der Waals surface area contributed by atoms with Crippen LogP contribution in [-0.2, 0) is 65.4 Å². The molecule has 0 bridgehead atoms. The Hall–Kier alpha value is -1.94. The van der Waals surface area contributed by atoms with Crippen LogP contribution in [0.2, 0.25) is 0 Å². The van der Waals surface area contributed by atoms with Gasteiger partial charge in [0, 0.05) is 25.7 Å². The number of hydrogen-bond acceptors (Lipinski definition) is 15. The second-order valence-corrected chi connectivity index (χ2v) is 30.6. The lowest BCUT2D eigenvalue weighted by atomic mass is 9.99. The number of carbonyl (C=O) groups is 4. The lowest BCUT2D eigenvalue weighted by Crippen LogP contribution is -2.30. The maximum Gasteiger partial charge on any atom is 0.472 e. The van der Waals surface area contributed by atoms with Crippen LogP contribution >= 0.6 is 15.6 Å². The van der Waals surface area contributed by atoms with Crippen LogP contribution in [0.5, 0.6) is 0 Å². The number of ether oxygens (including phenoxy) is 4. The van der Waals surface area contributed by atoms with Crippen molar-refractivity contribution in [3.05, 3.63) is 0 Å². The van der Waals surface area contributed by atoms with E-state index in [2.05, 4.69) is 55.4 Å². The molecule has 4 unspecified atom stereocenters. The van der Waals surface area contributed by atoms with E-state index >= 15 is 0 Å². The summed E-state index contributed by atoms with van der Waals surface area (Å²) in [6.07, 6.45) is 44.7. The third kappa shape index (κ3) is 65.1. The number of esters is 4. The van der Waals surface area contributed by atoms with Crippen molar-refractivity contribution in [3.63, 3.8) is 0 Å². The predicted molar refractivity (Wildman–Crippen MR) is 367 cm³/mol. The van der Waals surface area contributed by atoms with E-state index in [1.165, 1.54) is 154 Å². The molecule has 0 aromatic rings. The molecule has 0 fully saturated rings. The first-order valence-electron chi connectivity index (χ1n) is 37.2. The molecule has 0 spiro atoms. The van der Waals surface area contributed by atoms with Gasteiger partial charge in [-0.1, -0.05) is 306 Å². The number of unbranched alkanes of at least 4 members (excludes halogenated alkanes) is 34. The first-order valence-corrected chi connectivity index (χ1v) is 40.2. The molecule has 540 valence electrons. The fraction of sp³-hybridized carbons (Fsp3) is 0.944. The van der Waals surface area contributed by atoms with E-state index in [-0.39, 0.29) is 25.7 Å². The summed E-state index contributed by atoms with van der Waals surface area (Å²) in [5, 5.41) is 10.6. The maximum absolute atomic E-state index is 13.0. The van der Waals surface area contributed by atoms with E-state index in [1.807, 2.05) is 0 Å². The van der Waals surface area contributed by atoms with Crippen LogP contribution in [0.3, 0.4) is 0 Å². The van der Waals surface area contributed by atoms with Crippen LogP contribution in [0.25, 0.3) is 0 Å². The maximum atomic E-state index is 13.0. The van der Waals surface area contributed by atoms with Crippen molar-refractivity contribution in [2.75, 3.05) is 39.6 Å². The van der Waals surface area contributed by atoms with Gasteiger partial charge in [-0.2, -0.15) is 0 Å². The van der Waals surface area contributed by atoms with Crippen molar-refractivity contribution in [3.8, 4) is 0 Å². The third-order valence-corrected chi connectivity index (χ3v) is 18.8. The quantitative estimate of drug-likeness (QED) is 0.0222. The van der Waals surface area contributed by atoms with Crippen LogP contribution in [0.4, 0.5) is 0 Å². The molecule has 0 rings (SSSR count). The minimum Gasteiger partial charge on any atom is -0.462 e. The van der Waals surface area contributed by atoms with Gasteiger partial charge in [0.1, 0.15) is 19.3 Å². The molecule has 0 aromatic carbocycles. The summed E-state index contributed by atoms with van der Waals surface area (Å²) in [6, 6.07) is 0. The van der Waals surface area contributed by atoms with Gasteiger partial charge in [-0.25, -0.2) is 9.13 Å². The number of aliphatic hydroxyl groups is 1. The predicted octanol–water partition coefficient (Wildman–Crippen LogP) is 20.5. The molecule has 0 aliphatic heterocycles. The lowest BCUT2D eigenvalue weighted by molar-refractivity contribution is -0.161. The van der Waals surface area contributed by atoms with E-state index in [0.29, 0.717) is 31.6 Å². The van der Waals surface area contributed by atoms with Crippen molar-refractivity contribution in [1.29, 1.82) is 0 Å². The molecule has 0 aliphatic carbocycles. The van der Waals surface area contributed by atoms with Gasteiger partial charge in [-0.3, -0.25) is 37.3 Å². The van der Waals surface area contributed by atoms with Gasteiger partial charge in [-0.05, 0) is 49.4 Å². The molecule has 6 atom stereocenters. The standard InChI is InChI=1S/C72H140O17P2/c1-9-65(8)51-43-35-26-21-23-27-36-44-52-69(74)82-58-67(89-72(77)55-47-39-29-22-20-25-33-41-49-63(4)5)60-86-90(78,79)84-56-66(73)57-85-91(80,81)87-61-68(59-83-70(75)53-45-37-31-30-34-42-50-64(6)7)88-71(76)54-46-38-28-19-17-15-13-11-10-12-14-16-18-24-32-40-48-62(2)3/h62-68,73H,9-61H2,1-8H3,(H,78,79)(H,80,81)/t65?,66?,67-,68-/m1/s1. The van der Waals surface area contributed by atoms with Crippen molar-refractivity contribution in [2.45, 2.75) is 375 Å². The monoisotopic (exact) mass is 1340 g/mol. The van der Waals surface area contributed by atoms with Crippen molar-refractivity contribution in [2.24, 2.45) is 23.7 Å². The topological polar surface area (TPSA) is 237 Å². The largest absolute Gasteiger partial charge is 0.472 e. The number of hydrogen-bond donors (Lipinski definition) is 3. The number of phosphoric ester groups is 2. The first kappa shape index (κ1) is 89.1. The molecule has 3 N–H and O–H groups in total. The Bertz CT molecular complexity index is 1800. The van der Waals surface area contributed by atoms with E-state index in [9.17, 15) is 43.2 Å². The molecule has 0 saturated carbocycles. The molecule has 0 amide bonds. The molecule has 91 heavy (non-hydrogen) atoms. The highest BCUT2D eigenvalue weighted by molar-refractivity contribution is 7.47. The minimum absolute atomic E-state index is 0.103. The summed E-state index contributed by atoms with van der Waals surface area (Å²) in [4.78, 5) is 72.6. The molecule has 19 heteroatoms. The van der Waals surface area contributed by atoms with Gasteiger partial charge in [0.25, 0.3) is 0 Å². The first-order chi connectivity index (χ1) is 43.6. The van der Waals surface area contributed by atoms with Gasteiger partial charge in [0.15, 0.2) is 12.2 Å². The van der Waals surface area contributed by atoms with E-state index < -0.39 is 97.5 Å². The van der Waals surface area contributed by atoms with Gasteiger partial charge in [-0.15, -0.1) is 0 Å². The summed E-state index contributed by atoms with van der Waals surface area (Å²) in [7, 11) is -9.90. The molecule has 0 heterocycles. The fourth-order valence-corrected chi connectivity index (χ4v) is 12.4. The number of phosphoric acid groups is 2. The molecular weight excluding hydrogens is 1200 g/mol. The molecule has 0 aliphatic rings. The molecule has 17 nitrogen and oxygen atoms in total. The van der Waals surface area contributed by atoms with Crippen LogP contribution in [0.1, 0.15) is 357 Å². The second kappa shape index (κ2) is 61.6. The Kier molecular flexibility index (Phi) is 60.3. The molecule has 0 radical (unpaired) electrons. The van der Waals surface area contributed by atoms with E-state index in [1.54, 1.807) is 0 Å². The number of rotatable bonds is 69. The lowest BCUT2D eigenvalue weighted by Gasteiger charge is -2.21. The summed E-state index contributed by atoms with van der Waals surface area (Å²) in [5.74, 6) is 0.854. The van der Waals surface area contributed by atoms with Crippen LogP contribution in [0, 0.1) is 23.7 Å². The highest BCUT2D eigenvalue weighted by Crippen LogP contribution is 2.45. The summed E-state index contributed by atoms with van der Waals surface area (Å²) in [5.41, 5.74) is 0. The van der Waals surface area contributed by atoms with Gasteiger partial charge >= 0.3 is 39.5 Å². The van der Waals surface area contributed by atoms with Crippen LogP contribution in [0.15, 0.2) is 0 Å². The Balaban J connectivity index is 5.20. The van der Waals surface area contributed by atoms with Gasteiger partial charge in [0.05, 0.1) is 26.4 Å². The Labute approximate surface area is 556 Å². The highest BCUT2D eigenvalue weighted by atomic mass is 31.2. The number of carbonyl (C=O) groups excluding carboxylic acids is 4. The van der Waals surface area contributed by atoms with Crippen LogP contribution < -0.4 is 0 Å².